The zero-order valence-electron chi connectivity index (χ0n) is 11.7. The molecular weight excluding hydrogens is 244 g/mol. The van der Waals surface area contributed by atoms with Gasteiger partial charge in [0.2, 0.25) is 5.91 Å². The molecule has 0 aromatic carbocycles. The number of carbonyl (C=O) groups excluding carboxylic acids is 1. The summed E-state index contributed by atoms with van der Waals surface area (Å²) in [7, 11) is 0. The predicted octanol–water partition coefficient (Wildman–Crippen LogP) is 0.960. The summed E-state index contributed by atoms with van der Waals surface area (Å²) in [6.07, 6.45) is 7.42. The molecule has 2 aliphatic rings. The summed E-state index contributed by atoms with van der Waals surface area (Å²) < 4.78 is 10.8. The molecule has 2 rings (SSSR count). The highest BCUT2D eigenvalue weighted by molar-refractivity contribution is 5.77. The van der Waals surface area contributed by atoms with E-state index in [-0.39, 0.29) is 24.1 Å². The van der Waals surface area contributed by atoms with E-state index in [9.17, 15) is 4.79 Å². The van der Waals surface area contributed by atoms with Gasteiger partial charge in [-0.2, -0.15) is 0 Å². The second-order valence-electron chi connectivity index (χ2n) is 5.87. The minimum Gasteiger partial charge on any atom is -0.381 e. The average molecular weight is 270 g/mol. The van der Waals surface area contributed by atoms with E-state index < -0.39 is 0 Å². The third-order valence-electron chi connectivity index (χ3n) is 4.06. The number of ether oxygens (including phenoxy) is 2. The minimum absolute atomic E-state index is 0.0358. The third kappa shape index (κ3) is 5.09. The fourth-order valence-corrected chi connectivity index (χ4v) is 2.86. The van der Waals surface area contributed by atoms with Gasteiger partial charge >= 0.3 is 0 Å². The lowest BCUT2D eigenvalue weighted by Crippen LogP contribution is -2.47. The molecule has 0 spiro atoms. The van der Waals surface area contributed by atoms with Gasteiger partial charge in [-0.15, -0.1) is 0 Å². The van der Waals surface area contributed by atoms with Gasteiger partial charge < -0.3 is 20.5 Å². The standard InChI is InChI=1S/C14H26N2O3/c15-14(6-2-1-3-7-14)11-19-10-13(17)16-12-4-8-18-9-5-12/h12H,1-11,15H2,(H,16,17). The molecule has 1 saturated carbocycles. The van der Waals surface area contributed by atoms with Crippen molar-refractivity contribution in [1.29, 1.82) is 0 Å². The summed E-state index contributed by atoms with van der Waals surface area (Å²) in [6, 6.07) is 0.242. The molecule has 110 valence electrons. The van der Waals surface area contributed by atoms with Crippen LogP contribution >= 0.6 is 0 Å². The number of amides is 1. The highest BCUT2D eigenvalue weighted by Gasteiger charge is 2.27. The van der Waals surface area contributed by atoms with E-state index in [1.165, 1.54) is 19.3 Å². The van der Waals surface area contributed by atoms with Crippen LogP contribution in [0.2, 0.25) is 0 Å². The number of rotatable bonds is 5. The molecule has 5 nitrogen and oxygen atoms in total. The maximum absolute atomic E-state index is 11.7. The van der Waals surface area contributed by atoms with Crippen LogP contribution in [0.1, 0.15) is 44.9 Å². The number of hydrogen-bond donors (Lipinski definition) is 2. The van der Waals surface area contributed by atoms with Crippen molar-refractivity contribution in [2.75, 3.05) is 26.4 Å². The first-order valence-electron chi connectivity index (χ1n) is 7.42. The largest absolute Gasteiger partial charge is 0.381 e. The van der Waals surface area contributed by atoms with E-state index in [0.717, 1.165) is 38.9 Å². The number of hydrogen-bond acceptors (Lipinski definition) is 4. The van der Waals surface area contributed by atoms with Crippen molar-refractivity contribution < 1.29 is 14.3 Å². The van der Waals surface area contributed by atoms with Crippen molar-refractivity contribution in [2.24, 2.45) is 5.73 Å². The highest BCUT2D eigenvalue weighted by Crippen LogP contribution is 2.25. The van der Waals surface area contributed by atoms with Crippen LogP contribution < -0.4 is 11.1 Å². The van der Waals surface area contributed by atoms with E-state index in [2.05, 4.69) is 5.32 Å². The van der Waals surface area contributed by atoms with E-state index in [0.29, 0.717) is 6.61 Å². The third-order valence-corrected chi connectivity index (χ3v) is 4.06. The predicted molar refractivity (Wildman–Crippen MR) is 72.8 cm³/mol. The Morgan fingerprint density at radius 3 is 2.63 bits per heavy atom. The Kier molecular flexibility index (Phi) is 5.60. The highest BCUT2D eigenvalue weighted by atomic mass is 16.5. The van der Waals surface area contributed by atoms with Crippen LogP contribution in [-0.2, 0) is 14.3 Å². The monoisotopic (exact) mass is 270 g/mol. The fraction of sp³-hybridized carbons (Fsp3) is 0.929. The first-order valence-corrected chi connectivity index (χ1v) is 7.42. The second-order valence-corrected chi connectivity index (χ2v) is 5.87. The van der Waals surface area contributed by atoms with Gasteiger partial charge in [-0.05, 0) is 25.7 Å². The van der Waals surface area contributed by atoms with Crippen LogP contribution in [0, 0.1) is 0 Å². The van der Waals surface area contributed by atoms with Crippen molar-refractivity contribution in [2.45, 2.75) is 56.5 Å². The molecular formula is C14H26N2O3. The van der Waals surface area contributed by atoms with Crippen LogP contribution in [-0.4, -0.2) is 43.9 Å². The van der Waals surface area contributed by atoms with Crippen LogP contribution in [0.3, 0.4) is 0 Å². The average Bonchev–Trinajstić information content (AvgIpc) is 2.40. The molecule has 1 saturated heterocycles. The molecule has 19 heavy (non-hydrogen) atoms. The van der Waals surface area contributed by atoms with E-state index in [4.69, 9.17) is 15.2 Å². The Morgan fingerprint density at radius 1 is 1.26 bits per heavy atom. The molecule has 1 aliphatic carbocycles. The molecule has 5 heteroatoms. The zero-order chi connectivity index (χ0) is 13.6. The molecule has 0 aromatic heterocycles. The van der Waals surface area contributed by atoms with Gasteiger partial charge in [0.1, 0.15) is 6.61 Å². The van der Waals surface area contributed by atoms with Crippen molar-refractivity contribution in [1.82, 2.24) is 5.32 Å². The fourth-order valence-electron chi connectivity index (χ4n) is 2.86. The lowest BCUT2D eigenvalue weighted by molar-refractivity contribution is -0.127. The van der Waals surface area contributed by atoms with E-state index in [1.807, 2.05) is 0 Å². The number of carbonyl (C=O) groups is 1. The van der Waals surface area contributed by atoms with Gasteiger partial charge in [0.25, 0.3) is 0 Å². The van der Waals surface area contributed by atoms with Crippen molar-refractivity contribution in [3.63, 3.8) is 0 Å². The number of nitrogens with two attached hydrogens (primary N) is 1. The quantitative estimate of drug-likeness (QED) is 0.780. The number of nitrogens with one attached hydrogen (secondary N) is 1. The summed E-state index contributed by atoms with van der Waals surface area (Å²) in [5.41, 5.74) is 6.05. The molecule has 0 radical (unpaired) electrons. The Balaban J connectivity index is 1.60. The molecule has 0 unspecified atom stereocenters. The summed E-state index contributed by atoms with van der Waals surface area (Å²) in [4.78, 5) is 11.7. The van der Waals surface area contributed by atoms with Crippen LogP contribution in [0.5, 0.6) is 0 Å². The van der Waals surface area contributed by atoms with Crippen LogP contribution in [0.25, 0.3) is 0 Å². The van der Waals surface area contributed by atoms with Gasteiger partial charge in [-0.1, -0.05) is 19.3 Å². The molecule has 1 heterocycles. The molecule has 3 N–H and O–H groups in total. The SMILES string of the molecule is NC1(COCC(=O)NC2CCOCC2)CCCCC1. The van der Waals surface area contributed by atoms with Gasteiger partial charge in [0.15, 0.2) is 0 Å². The maximum Gasteiger partial charge on any atom is 0.246 e. The maximum atomic E-state index is 11.7. The molecule has 1 aliphatic heterocycles. The second kappa shape index (κ2) is 7.22. The normalized spacial score (nSPS) is 24.1. The minimum atomic E-state index is -0.211. The molecule has 0 atom stereocenters. The summed E-state index contributed by atoms with van der Waals surface area (Å²) in [5.74, 6) is -0.0358. The lowest BCUT2D eigenvalue weighted by atomic mass is 9.83. The Bertz CT molecular complexity index is 284. The lowest BCUT2D eigenvalue weighted by Gasteiger charge is -2.33. The van der Waals surface area contributed by atoms with Gasteiger partial charge in [0, 0.05) is 24.8 Å². The Morgan fingerprint density at radius 2 is 1.95 bits per heavy atom. The van der Waals surface area contributed by atoms with Gasteiger partial charge in [-0.3, -0.25) is 4.79 Å². The van der Waals surface area contributed by atoms with Gasteiger partial charge in [0.05, 0.1) is 6.61 Å². The molecule has 0 bridgehead atoms. The van der Waals surface area contributed by atoms with Crippen molar-refractivity contribution in [3.8, 4) is 0 Å². The summed E-state index contributed by atoms with van der Waals surface area (Å²) in [6.45, 7) is 2.08. The van der Waals surface area contributed by atoms with Crippen LogP contribution in [0.4, 0.5) is 0 Å². The van der Waals surface area contributed by atoms with Crippen molar-refractivity contribution >= 4 is 5.91 Å². The first-order chi connectivity index (χ1) is 9.18. The van der Waals surface area contributed by atoms with E-state index in [1.54, 1.807) is 0 Å². The topological polar surface area (TPSA) is 73.6 Å². The summed E-state index contributed by atoms with van der Waals surface area (Å²) >= 11 is 0. The Hall–Kier alpha value is -0.650. The van der Waals surface area contributed by atoms with Crippen molar-refractivity contribution in [3.05, 3.63) is 0 Å². The zero-order valence-corrected chi connectivity index (χ0v) is 11.7. The Labute approximate surface area is 115 Å². The molecule has 2 fully saturated rings. The van der Waals surface area contributed by atoms with E-state index >= 15 is 0 Å². The van der Waals surface area contributed by atoms with Crippen LogP contribution in [0.15, 0.2) is 0 Å². The first kappa shape index (κ1) is 14.8. The molecule has 1 amide bonds. The smallest absolute Gasteiger partial charge is 0.246 e. The van der Waals surface area contributed by atoms with Gasteiger partial charge in [-0.25, -0.2) is 0 Å². The summed E-state index contributed by atoms with van der Waals surface area (Å²) in [5, 5.41) is 2.98. The molecule has 0 aromatic rings.